The zero-order valence-corrected chi connectivity index (χ0v) is 16.6. The number of rotatable bonds is 7. The Morgan fingerprint density at radius 2 is 1.89 bits per heavy atom. The van der Waals surface area contributed by atoms with E-state index in [-0.39, 0.29) is 12.6 Å². The zero-order chi connectivity index (χ0) is 19.1. The van der Waals surface area contributed by atoms with Gasteiger partial charge in [-0.3, -0.25) is 9.80 Å². The zero-order valence-electron chi connectivity index (χ0n) is 16.6. The van der Waals surface area contributed by atoms with E-state index >= 15 is 0 Å². The molecule has 1 N–H and O–H groups in total. The number of hydrogen-bond acceptors (Lipinski definition) is 5. The molecule has 0 bridgehead atoms. The summed E-state index contributed by atoms with van der Waals surface area (Å²) in [5, 5.41) is 9.54. The molecule has 150 valence electrons. The number of piperazine rings is 1. The van der Waals surface area contributed by atoms with Crippen molar-refractivity contribution in [2.24, 2.45) is 5.92 Å². The lowest BCUT2D eigenvalue weighted by molar-refractivity contribution is 0.0400. The lowest BCUT2D eigenvalue weighted by Crippen LogP contribution is -2.54. The van der Waals surface area contributed by atoms with Crippen LogP contribution in [0.4, 0.5) is 0 Å². The van der Waals surface area contributed by atoms with E-state index in [1.54, 1.807) is 0 Å². The highest BCUT2D eigenvalue weighted by atomic mass is 16.5. The Bertz CT molecular complexity index is 584. The van der Waals surface area contributed by atoms with Crippen LogP contribution in [-0.2, 0) is 11.3 Å². The largest absolute Gasteiger partial charge is 0.465 e. The average Bonchev–Trinajstić information content (AvgIpc) is 2.71. The normalized spacial score (nSPS) is 22.7. The van der Waals surface area contributed by atoms with E-state index in [1.165, 1.54) is 51.3 Å². The first-order chi connectivity index (χ1) is 13.2. The average molecular weight is 375 g/mol. The lowest BCUT2D eigenvalue weighted by Gasteiger charge is -2.43. The molecule has 0 unspecified atom stereocenters. The van der Waals surface area contributed by atoms with Gasteiger partial charge in [0.25, 0.3) is 0 Å². The van der Waals surface area contributed by atoms with Gasteiger partial charge in [-0.15, -0.1) is 0 Å². The first-order valence-electron chi connectivity index (χ1n) is 10.4. The Hall–Kier alpha value is -1.43. The SMILES string of the molecule is COC(=O)c1ccc(CN2CCN(CC3CCCCC3)[C@@H](CCO)C2)cc1. The molecule has 1 atom stereocenters. The van der Waals surface area contributed by atoms with Crippen LogP contribution >= 0.6 is 0 Å². The maximum atomic E-state index is 11.6. The summed E-state index contributed by atoms with van der Waals surface area (Å²) in [6.45, 7) is 5.50. The van der Waals surface area contributed by atoms with Gasteiger partial charge in [0.05, 0.1) is 12.7 Å². The predicted octanol–water partition coefficient (Wildman–Crippen LogP) is 2.92. The highest BCUT2D eigenvalue weighted by molar-refractivity contribution is 5.89. The number of carbonyl (C=O) groups is 1. The van der Waals surface area contributed by atoms with Gasteiger partial charge in [-0.05, 0) is 42.9 Å². The van der Waals surface area contributed by atoms with Gasteiger partial charge in [-0.2, -0.15) is 0 Å². The van der Waals surface area contributed by atoms with Gasteiger partial charge in [0.2, 0.25) is 0 Å². The van der Waals surface area contributed by atoms with Crippen LogP contribution in [0.15, 0.2) is 24.3 Å². The summed E-state index contributed by atoms with van der Waals surface area (Å²) in [5.74, 6) is 0.554. The second-order valence-corrected chi connectivity index (χ2v) is 8.09. The number of esters is 1. The predicted molar refractivity (Wildman–Crippen MR) is 107 cm³/mol. The number of aliphatic hydroxyl groups excluding tert-OH is 1. The van der Waals surface area contributed by atoms with E-state index in [9.17, 15) is 9.90 Å². The van der Waals surface area contributed by atoms with Crippen LogP contribution in [0.5, 0.6) is 0 Å². The number of methoxy groups -OCH3 is 1. The molecule has 2 aliphatic rings. The van der Waals surface area contributed by atoms with Crippen molar-refractivity contribution in [3.05, 3.63) is 35.4 Å². The molecule has 27 heavy (non-hydrogen) atoms. The topological polar surface area (TPSA) is 53.0 Å². The molecule has 0 aromatic heterocycles. The summed E-state index contributed by atoms with van der Waals surface area (Å²) >= 11 is 0. The third-order valence-electron chi connectivity index (χ3n) is 6.15. The molecule has 1 aromatic rings. The number of nitrogens with zero attached hydrogens (tertiary/aromatic N) is 2. The molecule has 1 saturated heterocycles. The van der Waals surface area contributed by atoms with Crippen molar-refractivity contribution in [3.8, 4) is 0 Å². The lowest BCUT2D eigenvalue weighted by atomic mass is 9.88. The summed E-state index contributed by atoms with van der Waals surface area (Å²) in [5.41, 5.74) is 1.81. The van der Waals surface area contributed by atoms with E-state index < -0.39 is 0 Å². The van der Waals surface area contributed by atoms with Crippen LogP contribution in [-0.4, -0.2) is 66.8 Å². The van der Waals surface area contributed by atoms with Crippen molar-refractivity contribution in [1.82, 2.24) is 9.80 Å². The van der Waals surface area contributed by atoms with E-state index in [2.05, 4.69) is 9.80 Å². The Morgan fingerprint density at radius 3 is 2.56 bits per heavy atom. The van der Waals surface area contributed by atoms with Crippen LogP contribution in [0, 0.1) is 5.92 Å². The maximum Gasteiger partial charge on any atom is 0.337 e. The molecule has 2 fully saturated rings. The minimum atomic E-state index is -0.291. The molecule has 3 rings (SSSR count). The molecule has 1 saturated carbocycles. The van der Waals surface area contributed by atoms with Crippen molar-refractivity contribution in [2.45, 2.75) is 51.1 Å². The molecule has 0 amide bonds. The standard InChI is InChI=1S/C22H34N2O3/c1-27-22(26)20-9-7-19(8-10-20)15-23-12-13-24(21(17-23)11-14-25)16-18-5-3-2-4-6-18/h7-10,18,21,25H,2-6,11-17H2,1H3/t21-/m0/s1. The van der Waals surface area contributed by atoms with Crippen molar-refractivity contribution in [3.63, 3.8) is 0 Å². The summed E-state index contributed by atoms with van der Waals surface area (Å²) < 4.78 is 4.76. The fourth-order valence-corrected chi connectivity index (χ4v) is 4.59. The third-order valence-corrected chi connectivity index (χ3v) is 6.15. The fourth-order valence-electron chi connectivity index (χ4n) is 4.59. The van der Waals surface area contributed by atoms with Gasteiger partial charge in [-0.25, -0.2) is 4.79 Å². The molecular formula is C22H34N2O3. The van der Waals surface area contributed by atoms with Gasteiger partial charge in [0.1, 0.15) is 0 Å². The number of benzene rings is 1. The Kier molecular flexibility index (Phi) is 7.68. The Labute approximate surface area is 163 Å². The van der Waals surface area contributed by atoms with Gasteiger partial charge in [-0.1, -0.05) is 31.4 Å². The van der Waals surface area contributed by atoms with Crippen LogP contribution in [0.2, 0.25) is 0 Å². The molecule has 0 spiro atoms. The minimum Gasteiger partial charge on any atom is -0.465 e. The summed E-state index contributed by atoms with van der Waals surface area (Å²) in [6, 6.07) is 8.15. The maximum absolute atomic E-state index is 11.6. The van der Waals surface area contributed by atoms with Crippen molar-refractivity contribution < 1.29 is 14.6 Å². The number of ether oxygens (including phenoxy) is 1. The molecule has 1 aromatic carbocycles. The first kappa shape index (κ1) is 20.3. The fraction of sp³-hybridized carbons (Fsp3) is 0.682. The molecule has 1 aliphatic heterocycles. The van der Waals surface area contributed by atoms with Gasteiger partial charge < -0.3 is 9.84 Å². The highest BCUT2D eigenvalue weighted by Gasteiger charge is 2.28. The molecule has 5 heteroatoms. The molecule has 0 radical (unpaired) electrons. The van der Waals surface area contributed by atoms with Crippen LogP contribution in [0.3, 0.4) is 0 Å². The van der Waals surface area contributed by atoms with Crippen LogP contribution < -0.4 is 0 Å². The number of carbonyl (C=O) groups excluding carboxylic acids is 1. The summed E-state index contributed by atoms with van der Waals surface area (Å²) in [4.78, 5) is 16.7. The summed E-state index contributed by atoms with van der Waals surface area (Å²) in [7, 11) is 1.41. The van der Waals surface area contributed by atoms with E-state index in [4.69, 9.17) is 4.74 Å². The smallest absolute Gasteiger partial charge is 0.337 e. The minimum absolute atomic E-state index is 0.257. The van der Waals surface area contributed by atoms with Crippen molar-refractivity contribution in [1.29, 1.82) is 0 Å². The van der Waals surface area contributed by atoms with Gasteiger partial charge >= 0.3 is 5.97 Å². The van der Waals surface area contributed by atoms with E-state index in [1.807, 2.05) is 24.3 Å². The molecule has 1 heterocycles. The van der Waals surface area contributed by atoms with E-state index in [0.29, 0.717) is 11.6 Å². The van der Waals surface area contributed by atoms with Crippen LogP contribution in [0.25, 0.3) is 0 Å². The van der Waals surface area contributed by atoms with Crippen LogP contribution in [0.1, 0.15) is 54.4 Å². The molecule has 5 nitrogen and oxygen atoms in total. The van der Waals surface area contributed by atoms with Gasteiger partial charge in [0, 0.05) is 45.4 Å². The second kappa shape index (κ2) is 10.2. The van der Waals surface area contributed by atoms with Crippen molar-refractivity contribution >= 4 is 5.97 Å². The monoisotopic (exact) mass is 374 g/mol. The molecular weight excluding hydrogens is 340 g/mol. The van der Waals surface area contributed by atoms with E-state index in [0.717, 1.165) is 38.5 Å². The Balaban J connectivity index is 1.54. The highest BCUT2D eigenvalue weighted by Crippen LogP contribution is 2.26. The number of aliphatic hydroxyl groups is 1. The third kappa shape index (κ3) is 5.77. The first-order valence-corrected chi connectivity index (χ1v) is 10.4. The molecule has 1 aliphatic carbocycles. The second-order valence-electron chi connectivity index (χ2n) is 8.09. The van der Waals surface area contributed by atoms with Gasteiger partial charge in [0.15, 0.2) is 0 Å². The summed E-state index contributed by atoms with van der Waals surface area (Å²) in [6.07, 6.45) is 7.77. The quantitative estimate of drug-likeness (QED) is 0.744. The van der Waals surface area contributed by atoms with Crippen molar-refractivity contribution in [2.75, 3.05) is 39.9 Å². The number of hydrogen-bond donors (Lipinski definition) is 1. The Morgan fingerprint density at radius 1 is 1.15 bits per heavy atom.